The SMILES string of the molecule is Cc1ccc([C@@]2(c3ccccc3)NC(=O)N(CC(=O)NC(=O)NCCC(C)C)C2=O)cc1C. The van der Waals surface area contributed by atoms with Gasteiger partial charge in [-0.15, -0.1) is 0 Å². The van der Waals surface area contributed by atoms with Crippen molar-refractivity contribution in [3.8, 4) is 0 Å². The Morgan fingerprint density at radius 3 is 2.33 bits per heavy atom. The Bertz CT molecular complexity index is 1070. The number of hydrogen-bond donors (Lipinski definition) is 3. The fourth-order valence-electron chi connectivity index (χ4n) is 3.77. The predicted molar refractivity (Wildman–Crippen MR) is 124 cm³/mol. The topological polar surface area (TPSA) is 108 Å². The van der Waals surface area contributed by atoms with Crippen molar-refractivity contribution in [3.05, 3.63) is 70.8 Å². The summed E-state index contributed by atoms with van der Waals surface area (Å²) < 4.78 is 0. The molecule has 3 N–H and O–H groups in total. The Hall–Kier alpha value is -3.68. The van der Waals surface area contributed by atoms with Crippen molar-refractivity contribution in [2.24, 2.45) is 5.92 Å². The highest BCUT2D eigenvalue weighted by Gasteiger charge is 2.54. The van der Waals surface area contributed by atoms with Gasteiger partial charge in [-0.1, -0.05) is 62.4 Å². The van der Waals surface area contributed by atoms with Crippen LogP contribution in [0.3, 0.4) is 0 Å². The quantitative estimate of drug-likeness (QED) is 0.564. The van der Waals surface area contributed by atoms with Crippen molar-refractivity contribution in [3.63, 3.8) is 0 Å². The number of imide groups is 2. The number of rotatable bonds is 7. The zero-order valence-electron chi connectivity index (χ0n) is 19.4. The Labute approximate surface area is 193 Å². The third-order valence-corrected chi connectivity index (χ3v) is 5.81. The van der Waals surface area contributed by atoms with Crippen LogP contribution in [0.15, 0.2) is 48.5 Å². The second-order valence-corrected chi connectivity index (χ2v) is 8.72. The highest BCUT2D eigenvalue weighted by molar-refractivity contribution is 6.12. The molecule has 0 radical (unpaired) electrons. The molecular weight excluding hydrogens is 420 g/mol. The molecule has 8 nitrogen and oxygen atoms in total. The van der Waals surface area contributed by atoms with Crippen LogP contribution >= 0.6 is 0 Å². The highest BCUT2D eigenvalue weighted by atomic mass is 16.2. The number of hydrogen-bond acceptors (Lipinski definition) is 4. The molecule has 33 heavy (non-hydrogen) atoms. The van der Waals surface area contributed by atoms with Crippen LogP contribution in [0.25, 0.3) is 0 Å². The summed E-state index contributed by atoms with van der Waals surface area (Å²) in [6.45, 7) is 7.80. The average Bonchev–Trinajstić information content (AvgIpc) is 3.01. The first-order chi connectivity index (χ1) is 15.6. The molecule has 0 unspecified atom stereocenters. The average molecular weight is 451 g/mol. The van der Waals surface area contributed by atoms with E-state index in [0.29, 0.717) is 23.6 Å². The van der Waals surface area contributed by atoms with Crippen molar-refractivity contribution >= 4 is 23.9 Å². The Morgan fingerprint density at radius 2 is 1.70 bits per heavy atom. The Balaban J connectivity index is 1.84. The maximum atomic E-state index is 13.7. The maximum absolute atomic E-state index is 13.7. The molecule has 0 saturated carbocycles. The monoisotopic (exact) mass is 450 g/mol. The molecular formula is C25H30N4O4. The minimum absolute atomic E-state index is 0.406. The van der Waals surface area contributed by atoms with E-state index >= 15 is 0 Å². The van der Waals surface area contributed by atoms with Crippen LogP contribution in [0.5, 0.6) is 0 Å². The molecule has 0 aliphatic carbocycles. The summed E-state index contributed by atoms with van der Waals surface area (Å²) >= 11 is 0. The zero-order chi connectivity index (χ0) is 24.2. The van der Waals surface area contributed by atoms with Gasteiger partial charge >= 0.3 is 12.1 Å². The number of nitrogens with one attached hydrogen (secondary N) is 3. The first kappa shape index (κ1) is 24.0. The van der Waals surface area contributed by atoms with Crippen molar-refractivity contribution in [2.45, 2.75) is 39.7 Å². The van der Waals surface area contributed by atoms with E-state index in [2.05, 4.69) is 16.0 Å². The van der Waals surface area contributed by atoms with E-state index in [-0.39, 0.29) is 0 Å². The lowest BCUT2D eigenvalue weighted by atomic mass is 9.81. The molecule has 2 aromatic rings. The molecule has 6 amide bonds. The predicted octanol–water partition coefficient (Wildman–Crippen LogP) is 2.97. The second-order valence-electron chi connectivity index (χ2n) is 8.72. The first-order valence-electron chi connectivity index (χ1n) is 11.0. The van der Waals surface area contributed by atoms with Crippen LogP contribution in [0.4, 0.5) is 9.59 Å². The summed E-state index contributed by atoms with van der Waals surface area (Å²) in [5, 5.41) is 7.59. The number of amides is 6. The number of nitrogens with zero attached hydrogens (tertiary/aromatic N) is 1. The normalized spacial score (nSPS) is 17.8. The summed E-state index contributed by atoms with van der Waals surface area (Å²) in [5.41, 5.74) is 1.75. The molecule has 1 atom stereocenters. The Morgan fingerprint density at radius 1 is 1.00 bits per heavy atom. The fourth-order valence-corrected chi connectivity index (χ4v) is 3.77. The van der Waals surface area contributed by atoms with E-state index in [4.69, 9.17) is 0 Å². The molecule has 1 aliphatic rings. The minimum Gasteiger partial charge on any atom is -0.338 e. The summed E-state index contributed by atoms with van der Waals surface area (Å²) in [4.78, 5) is 51.8. The molecule has 0 aromatic heterocycles. The van der Waals surface area contributed by atoms with E-state index in [9.17, 15) is 19.2 Å². The molecule has 3 rings (SSSR count). The van der Waals surface area contributed by atoms with Gasteiger partial charge in [-0.05, 0) is 48.4 Å². The van der Waals surface area contributed by atoms with Gasteiger partial charge in [0.1, 0.15) is 6.54 Å². The summed E-state index contributed by atoms with van der Waals surface area (Å²) in [6.07, 6.45) is 0.768. The van der Waals surface area contributed by atoms with Crippen LogP contribution in [-0.2, 0) is 15.1 Å². The lowest BCUT2D eigenvalue weighted by Crippen LogP contribution is -2.48. The number of carbonyl (C=O) groups excluding carboxylic acids is 4. The van der Waals surface area contributed by atoms with Crippen LogP contribution in [0.1, 0.15) is 42.5 Å². The standard InChI is InChI=1S/C25H30N4O4/c1-16(2)12-13-26-23(32)27-21(30)15-29-22(31)25(28-24(29)33,19-8-6-5-7-9-19)20-11-10-17(3)18(4)14-20/h5-11,14,16H,12-13,15H2,1-4H3,(H,28,33)(H2,26,27,30,32)/t25-/m1/s1. The van der Waals surface area contributed by atoms with E-state index in [1.165, 1.54) is 0 Å². The van der Waals surface area contributed by atoms with Crippen LogP contribution in [0.2, 0.25) is 0 Å². The van der Waals surface area contributed by atoms with Gasteiger partial charge in [0.05, 0.1) is 0 Å². The van der Waals surface area contributed by atoms with Gasteiger partial charge in [-0.3, -0.25) is 19.8 Å². The van der Waals surface area contributed by atoms with Gasteiger partial charge in [0.2, 0.25) is 5.91 Å². The minimum atomic E-state index is -1.46. The molecule has 1 aliphatic heterocycles. The van der Waals surface area contributed by atoms with Gasteiger partial charge in [-0.2, -0.15) is 0 Å². The van der Waals surface area contributed by atoms with Crippen molar-refractivity contribution < 1.29 is 19.2 Å². The second kappa shape index (κ2) is 9.85. The van der Waals surface area contributed by atoms with E-state index in [1.807, 2.05) is 45.9 Å². The number of aryl methyl sites for hydroxylation is 2. The third kappa shape index (κ3) is 5.05. The molecule has 0 spiro atoms. The van der Waals surface area contributed by atoms with Gasteiger partial charge in [0, 0.05) is 6.54 Å². The lowest BCUT2D eigenvalue weighted by molar-refractivity contribution is -0.134. The van der Waals surface area contributed by atoms with Gasteiger partial charge in [-0.25, -0.2) is 9.59 Å². The van der Waals surface area contributed by atoms with Crippen LogP contribution in [-0.4, -0.2) is 41.9 Å². The van der Waals surface area contributed by atoms with Crippen LogP contribution < -0.4 is 16.0 Å². The van der Waals surface area contributed by atoms with E-state index in [0.717, 1.165) is 22.4 Å². The fraction of sp³-hybridized carbons (Fsp3) is 0.360. The maximum Gasteiger partial charge on any atom is 0.326 e. The van der Waals surface area contributed by atoms with Gasteiger partial charge in [0.25, 0.3) is 5.91 Å². The van der Waals surface area contributed by atoms with E-state index in [1.54, 1.807) is 30.3 Å². The van der Waals surface area contributed by atoms with Gasteiger partial charge in [0.15, 0.2) is 5.54 Å². The smallest absolute Gasteiger partial charge is 0.326 e. The number of carbonyl (C=O) groups is 4. The molecule has 2 aromatic carbocycles. The summed E-state index contributed by atoms with van der Waals surface area (Å²) in [6, 6.07) is 13.1. The molecule has 1 heterocycles. The third-order valence-electron chi connectivity index (χ3n) is 5.81. The molecule has 8 heteroatoms. The zero-order valence-corrected chi connectivity index (χ0v) is 19.4. The van der Waals surface area contributed by atoms with Crippen molar-refractivity contribution in [1.82, 2.24) is 20.9 Å². The largest absolute Gasteiger partial charge is 0.338 e. The van der Waals surface area contributed by atoms with Gasteiger partial charge < -0.3 is 10.6 Å². The molecule has 1 saturated heterocycles. The Kier molecular flexibility index (Phi) is 7.16. The molecule has 1 fully saturated rings. The summed E-state index contributed by atoms with van der Waals surface area (Å²) in [7, 11) is 0. The van der Waals surface area contributed by atoms with Crippen molar-refractivity contribution in [1.29, 1.82) is 0 Å². The highest BCUT2D eigenvalue weighted by Crippen LogP contribution is 2.36. The molecule has 174 valence electrons. The molecule has 0 bridgehead atoms. The summed E-state index contributed by atoms with van der Waals surface area (Å²) in [5.74, 6) is -0.912. The first-order valence-corrected chi connectivity index (χ1v) is 11.0. The number of urea groups is 2. The van der Waals surface area contributed by atoms with Crippen LogP contribution in [0, 0.1) is 19.8 Å². The lowest BCUT2D eigenvalue weighted by Gasteiger charge is -2.28. The van der Waals surface area contributed by atoms with E-state index < -0.39 is 36.0 Å². The van der Waals surface area contributed by atoms with Crippen molar-refractivity contribution in [2.75, 3.05) is 13.1 Å². The number of benzene rings is 2.